The minimum absolute atomic E-state index is 0.0876. The maximum Gasteiger partial charge on any atom is 0.264 e. The lowest BCUT2D eigenvalue weighted by Crippen LogP contribution is -2.54. The van der Waals surface area contributed by atoms with Gasteiger partial charge in [-0.05, 0) is 74.7 Å². The first kappa shape index (κ1) is 33.4. The third kappa shape index (κ3) is 8.79. The highest BCUT2D eigenvalue weighted by atomic mass is 32.2. The molecule has 0 heterocycles. The van der Waals surface area contributed by atoms with E-state index in [2.05, 4.69) is 5.32 Å². The third-order valence-electron chi connectivity index (χ3n) is 7.71. The minimum atomic E-state index is -4.30. The van der Waals surface area contributed by atoms with Crippen molar-refractivity contribution in [2.45, 2.75) is 64.1 Å². The van der Waals surface area contributed by atoms with Crippen LogP contribution in [0.2, 0.25) is 0 Å². The number of carbonyl (C=O) groups excluding carboxylic acids is 2. The summed E-state index contributed by atoms with van der Waals surface area (Å²) < 4.78 is 42.8. The molecule has 0 aliphatic heterocycles. The summed E-state index contributed by atoms with van der Waals surface area (Å²) in [7, 11) is -4.30. The van der Waals surface area contributed by atoms with Gasteiger partial charge in [0.05, 0.1) is 10.6 Å². The maximum atomic E-state index is 14.5. The van der Waals surface area contributed by atoms with Gasteiger partial charge in [-0.25, -0.2) is 12.8 Å². The number of rotatable bonds is 13. The van der Waals surface area contributed by atoms with Crippen LogP contribution in [-0.2, 0) is 32.6 Å². The van der Waals surface area contributed by atoms with Crippen molar-refractivity contribution in [1.82, 2.24) is 10.2 Å². The van der Waals surface area contributed by atoms with Crippen molar-refractivity contribution in [3.63, 3.8) is 0 Å². The number of hydrogen-bond acceptors (Lipinski definition) is 4. The quantitative estimate of drug-likeness (QED) is 0.191. The van der Waals surface area contributed by atoms with Gasteiger partial charge in [-0.2, -0.15) is 0 Å². The number of nitrogens with zero attached hydrogens (tertiary/aromatic N) is 2. The Bertz CT molecular complexity index is 1690. The summed E-state index contributed by atoms with van der Waals surface area (Å²) >= 11 is 0. The molecule has 45 heavy (non-hydrogen) atoms. The number of halogens is 1. The summed E-state index contributed by atoms with van der Waals surface area (Å²) in [6.07, 6.45) is 0.933. The van der Waals surface area contributed by atoms with E-state index in [1.54, 1.807) is 24.3 Å². The number of benzene rings is 4. The van der Waals surface area contributed by atoms with Crippen LogP contribution in [0.25, 0.3) is 0 Å². The minimum Gasteiger partial charge on any atom is -0.352 e. The van der Waals surface area contributed by atoms with E-state index in [0.717, 1.165) is 38.7 Å². The molecule has 0 bridgehead atoms. The maximum absolute atomic E-state index is 14.5. The van der Waals surface area contributed by atoms with Crippen LogP contribution in [0.15, 0.2) is 108 Å². The van der Waals surface area contributed by atoms with Crippen LogP contribution in [0, 0.1) is 19.7 Å². The van der Waals surface area contributed by atoms with Gasteiger partial charge >= 0.3 is 0 Å². The number of amides is 2. The fourth-order valence-electron chi connectivity index (χ4n) is 4.98. The van der Waals surface area contributed by atoms with Crippen molar-refractivity contribution in [3.05, 3.63) is 131 Å². The molecule has 0 radical (unpaired) electrons. The van der Waals surface area contributed by atoms with Gasteiger partial charge in [0.1, 0.15) is 18.4 Å². The van der Waals surface area contributed by atoms with Crippen LogP contribution >= 0.6 is 0 Å². The first-order valence-electron chi connectivity index (χ1n) is 15.0. The lowest BCUT2D eigenvalue weighted by Gasteiger charge is -2.34. The summed E-state index contributed by atoms with van der Waals surface area (Å²) in [5.41, 5.74) is 3.84. The molecule has 4 rings (SSSR count). The second kappa shape index (κ2) is 15.0. The molecule has 2 amide bonds. The number of sulfonamides is 1. The Kier molecular flexibility index (Phi) is 11.1. The summed E-state index contributed by atoms with van der Waals surface area (Å²) in [4.78, 5) is 29.7. The summed E-state index contributed by atoms with van der Waals surface area (Å²) in [5.74, 6) is -1.45. The summed E-state index contributed by atoms with van der Waals surface area (Å²) in [6.45, 7) is 7.20. The van der Waals surface area contributed by atoms with Gasteiger partial charge in [0, 0.05) is 19.0 Å². The van der Waals surface area contributed by atoms with E-state index in [1.165, 1.54) is 17.0 Å². The molecule has 0 aliphatic carbocycles. The predicted octanol–water partition coefficient (Wildman–Crippen LogP) is 6.19. The zero-order valence-electron chi connectivity index (χ0n) is 26.1. The Morgan fingerprint density at radius 3 is 2.09 bits per heavy atom. The number of carbonyl (C=O) groups is 2. The number of anilines is 1. The highest BCUT2D eigenvalue weighted by Gasteiger charge is 2.35. The highest BCUT2D eigenvalue weighted by Crippen LogP contribution is 2.26. The van der Waals surface area contributed by atoms with Crippen LogP contribution in [-0.4, -0.2) is 43.8 Å². The lowest BCUT2D eigenvalue weighted by molar-refractivity contribution is -0.140. The predicted molar refractivity (Wildman–Crippen MR) is 176 cm³/mol. The molecule has 236 valence electrons. The van der Waals surface area contributed by atoms with E-state index in [4.69, 9.17) is 0 Å². The Balaban J connectivity index is 1.80. The van der Waals surface area contributed by atoms with Crippen LogP contribution in [0.5, 0.6) is 0 Å². The first-order valence-corrected chi connectivity index (χ1v) is 16.5. The molecule has 7 nitrogen and oxygen atoms in total. The molecule has 1 N–H and O–H groups in total. The van der Waals surface area contributed by atoms with Gasteiger partial charge in [0.15, 0.2) is 0 Å². The van der Waals surface area contributed by atoms with Crippen molar-refractivity contribution in [2.75, 3.05) is 10.8 Å². The van der Waals surface area contributed by atoms with Gasteiger partial charge < -0.3 is 10.2 Å². The van der Waals surface area contributed by atoms with Gasteiger partial charge in [0.2, 0.25) is 11.8 Å². The average Bonchev–Trinajstić information content (AvgIpc) is 3.02. The molecule has 2 unspecified atom stereocenters. The van der Waals surface area contributed by atoms with E-state index in [-0.39, 0.29) is 35.5 Å². The van der Waals surface area contributed by atoms with Crippen LogP contribution in [0.1, 0.15) is 42.5 Å². The Morgan fingerprint density at radius 1 is 0.822 bits per heavy atom. The SMILES string of the molecule is CCC(C)NC(=O)C(Cc1ccccc1)N(Cc1cccc(C)c1)C(=O)CN(c1ccc(C)cc1)S(=O)(=O)c1ccc(F)cc1. The largest absolute Gasteiger partial charge is 0.352 e. The zero-order chi connectivity index (χ0) is 32.6. The van der Waals surface area contributed by atoms with Crippen LogP contribution in [0.4, 0.5) is 10.1 Å². The first-order chi connectivity index (χ1) is 21.5. The van der Waals surface area contributed by atoms with Crippen molar-refractivity contribution in [2.24, 2.45) is 0 Å². The van der Waals surface area contributed by atoms with Gasteiger partial charge in [-0.1, -0.05) is 84.8 Å². The van der Waals surface area contributed by atoms with Crippen molar-refractivity contribution < 1.29 is 22.4 Å². The molecule has 0 saturated carbocycles. The molecular weight excluding hydrogens is 589 g/mol. The van der Waals surface area contributed by atoms with E-state index >= 15 is 0 Å². The van der Waals surface area contributed by atoms with Gasteiger partial charge in [0.25, 0.3) is 10.0 Å². The van der Waals surface area contributed by atoms with Crippen LogP contribution in [0.3, 0.4) is 0 Å². The van der Waals surface area contributed by atoms with E-state index < -0.39 is 34.3 Å². The zero-order valence-corrected chi connectivity index (χ0v) is 26.9. The van der Waals surface area contributed by atoms with Crippen LogP contribution < -0.4 is 9.62 Å². The summed E-state index contributed by atoms with van der Waals surface area (Å²) in [6, 6.07) is 27.3. The molecule has 0 aromatic heterocycles. The van der Waals surface area contributed by atoms with Gasteiger partial charge in [-0.3, -0.25) is 13.9 Å². The smallest absolute Gasteiger partial charge is 0.264 e. The second-order valence-corrected chi connectivity index (χ2v) is 13.2. The molecular formula is C36H40FN3O4S. The Morgan fingerprint density at radius 2 is 1.47 bits per heavy atom. The highest BCUT2D eigenvalue weighted by molar-refractivity contribution is 7.92. The molecule has 0 saturated heterocycles. The number of hydrogen-bond donors (Lipinski definition) is 1. The van der Waals surface area contributed by atoms with Crippen molar-refractivity contribution in [1.29, 1.82) is 0 Å². The fraction of sp³-hybridized carbons (Fsp3) is 0.278. The topological polar surface area (TPSA) is 86.8 Å². The van der Waals surface area contributed by atoms with E-state index in [0.29, 0.717) is 6.42 Å². The number of nitrogens with one attached hydrogen (secondary N) is 1. The van der Waals surface area contributed by atoms with Crippen molar-refractivity contribution in [3.8, 4) is 0 Å². The average molecular weight is 630 g/mol. The van der Waals surface area contributed by atoms with Crippen molar-refractivity contribution >= 4 is 27.5 Å². The Labute approximate surface area is 265 Å². The lowest BCUT2D eigenvalue weighted by atomic mass is 10.0. The monoisotopic (exact) mass is 629 g/mol. The fourth-order valence-corrected chi connectivity index (χ4v) is 6.39. The third-order valence-corrected chi connectivity index (χ3v) is 9.50. The molecule has 0 fully saturated rings. The second-order valence-electron chi connectivity index (χ2n) is 11.3. The molecule has 9 heteroatoms. The molecule has 2 atom stereocenters. The van der Waals surface area contributed by atoms with E-state index in [1.807, 2.05) is 82.3 Å². The van der Waals surface area contributed by atoms with E-state index in [9.17, 15) is 22.4 Å². The standard InChI is InChI=1S/C36H40FN3O4S/c1-5-28(4)38-36(42)34(23-29-11-7-6-8-12-29)39(24-30-13-9-10-27(3)22-30)35(41)25-40(32-18-14-26(2)15-19-32)45(43,44)33-20-16-31(37)17-21-33/h6-22,28,34H,5,23-25H2,1-4H3,(H,38,42). The molecule has 0 aliphatic rings. The summed E-state index contributed by atoms with van der Waals surface area (Å²) in [5, 5.41) is 3.03. The van der Waals surface area contributed by atoms with Gasteiger partial charge in [-0.15, -0.1) is 0 Å². The number of aryl methyl sites for hydroxylation is 2. The molecule has 0 spiro atoms. The normalized spacial score (nSPS) is 12.6. The molecule has 4 aromatic rings. The Hall–Kier alpha value is -4.50. The molecule has 4 aromatic carbocycles.